The van der Waals surface area contributed by atoms with E-state index in [1.54, 1.807) is 31.2 Å². The molecule has 126 valence electrons. The van der Waals surface area contributed by atoms with E-state index in [1.165, 1.54) is 18.2 Å². The van der Waals surface area contributed by atoms with E-state index in [-0.39, 0.29) is 16.1 Å². The Morgan fingerprint density at radius 2 is 2.00 bits per heavy atom. The minimum absolute atomic E-state index is 0.0262. The van der Waals surface area contributed by atoms with E-state index in [0.29, 0.717) is 22.8 Å². The molecule has 3 rings (SSSR count). The quantitative estimate of drug-likeness (QED) is 0.748. The second kappa shape index (κ2) is 6.86. The summed E-state index contributed by atoms with van der Waals surface area (Å²) in [6, 6.07) is 11.8. The van der Waals surface area contributed by atoms with Crippen molar-refractivity contribution in [1.29, 1.82) is 0 Å². The average Bonchev–Trinajstić information content (AvgIpc) is 2.54. The van der Waals surface area contributed by atoms with Gasteiger partial charge in [0.1, 0.15) is 11.6 Å². The fourth-order valence-electron chi connectivity index (χ4n) is 2.33. The van der Waals surface area contributed by atoms with Crippen LogP contribution in [0, 0.1) is 12.7 Å². The highest BCUT2D eigenvalue weighted by atomic mass is 35.5. The first-order chi connectivity index (χ1) is 11.9. The minimum atomic E-state index is -0.516. The van der Waals surface area contributed by atoms with Gasteiger partial charge in [-0.3, -0.25) is 9.59 Å². The summed E-state index contributed by atoms with van der Waals surface area (Å²) in [5, 5.41) is 2.72. The lowest BCUT2D eigenvalue weighted by Crippen LogP contribution is -2.13. The highest BCUT2D eigenvalue weighted by Crippen LogP contribution is 2.22. The first-order valence-corrected chi connectivity index (χ1v) is 7.75. The van der Waals surface area contributed by atoms with Crippen molar-refractivity contribution in [2.24, 2.45) is 0 Å². The molecule has 0 spiro atoms. The number of anilines is 1. The van der Waals surface area contributed by atoms with Crippen LogP contribution in [-0.4, -0.2) is 15.9 Å². The fraction of sp³-hybridized carbons (Fsp3) is 0.0556. The van der Waals surface area contributed by atoms with E-state index < -0.39 is 11.7 Å². The molecule has 0 bridgehead atoms. The number of rotatable bonds is 3. The molecule has 0 aliphatic carbocycles. The molecule has 0 atom stereocenters. The van der Waals surface area contributed by atoms with Crippen LogP contribution in [0.5, 0.6) is 0 Å². The maximum absolute atomic E-state index is 13.1. The van der Waals surface area contributed by atoms with E-state index in [1.807, 2.05) is 0 Å². The van der Waals surface area contributed by atoms with Crippen LogP contribution < -0.4 is 10.9 Å². The fourth-order valence-corrected chi connectivity index (χ4v) is 2.59. The number of halogens is 2. The number of carbonyl (C=O) groups excluding carboxylic acids is 1. The zero-order valence-corrected chi connectivity index (χ0v) is 13.9. The summed E-state index contributed by atoms with van der Waals surface area (Å²) in [6.07, 6.45) is 0. The van der Waals surface area contributed by atoms with Crippen molar-refractivity contribution >= 4 is 23.2 Å². The summed E-state index contributed by atoms with van der Waals surface area (Å²) in [5.74, 6) is -0.577. The molecule has 5 nitrogen and oxygen atoms in total. The van der Waals surface area contributed by atoms with E-state index in [0.717, 1.165) is 6.07 Å². The standard InChI is InChI=1S/C18H13ClFN3O2/c1-10-7-16(24)23-17(21-10)11-3-2-4-13(8-11)22-18(25)14-6-5-12(20)9-15(14)19/h2-9H,1H3,(H,22,25)(H,21,23,24). The summed E-state index contributed by atoms with van der Waals surface area (Å²) in [6.45, 7) is 1.72. The summed E-state index contributed by atoms with van der Waals surface area (Å²) < 4.78 is 13.1. The second-order valence-corrected chi connectivity index (χ2v) is 5.80. The number of aromatic amines is 1. The van der Waals surface area contributed by atoms with E-state index in [4.69, 9.17) is 11.6 Å². The molecule has 0 saturated carbocycles. The third-order valence-electron chi connectivity index (χ3n) is 3.44. The molecular weight excluding hydrogens is 345 g/mol. The lowest BCUT2D eigenvalue weighted by molar-refractivity contribution is 0.102. The zero-order chi connectivity index (χ0) is 18.0. The molecule has 3 aromatic rings. The number of carbonyl (C=O) groups is 1. The van der Waals surface area contributed by atoms with Crippen LogP contribution in [-0.2, 0) is 0 Å². The first-order valence-electron chi connectivity index (χ1n) is 7.37. The van der Waals surface area contributed by atoms with Gasteiger partial charge in [0.05, 0.1) is 10.6 Å². The number of aryl methyl sites for hydroxylation is 1. The third-order valence-corrected chi connectivity index (χ3v) is 3.75. The van der Waals surface area contributed by atoms with E-state index in [2.05, 4.69) is 15.3 Å². The van der Waals surface area contributed by atoms with Gasteiger partial charge in [-0.25, -0.2) is 9.37 Å². The van der Waals surface area contributed by atoms with Crippen LogP contribution >= 0.6 is 11.6 Å². The van der Waals surface area contributed by atoms with Crippen LogP contribution in [0.1, 0.15) is 16.1 Å². The van der Waals surface area contributed by atoms with Gasteiger partial charge in [-0.15, -0.1) is 0 Å². The predicted molar refractivity (Wildman–Crippen MR) is 94.4 cm³/mol. The molecule has 0 radical (unpaired) electrons. The maximum Gasteiger partial charge on any atom is 0.257 e. The van der Waals surface area contributed by atoms with Crippen LogP contribution in [0.15, 0.2) is 53.3 Å². The van der Waals surface area contributed by atoms with E-state index >= 15 is 0 Å². The van der Waals surface area contributed by atoms with Gasteiger partial charge in [-0.2, -0.15) is 0 Å². The lowest BCUT2D eigenvalue weighted by atomic mass is 10.1. The average molecular weight is 358 g/mol. The molecule has 0 aliphatic heterocycles. The molecule has 1 heterocycles. The van der Waals surface area contributed by atoms with Crippen LogP contribution in [0.2, 0.25) is 5.02 Å². The number of hydrogen-bond donors (Lipinski definition) is 2. The Balaban J connectivity index is 1.89. The Morgan fingerprint density at radius 3 is 2.72 bits per heavy atom. The molecular formula is C18H13ClFN3O2. The van der Waals surface area contributed by atoms with E-state index in [9.17, 15) is 14.0 Å². The highest BCUT2D eigenvalue weighted by Gasteiger charge is 2.12. The summed E-state index contributed by atoms with van der Waals surface area (Å²) in [5.41, 5.74) is 1.63. The van der Waals surface area contributed by atoms with Crippen molar-refractivity contribution < 1.29 is 9.18 Å². The number of H-pyrrole nitrogens is 1. The lowest BCUT2D eigenvalue weighted by Gasteiger charge is -2.09. The number of benzene rings is 2. The van der Waals surface area contributed by atoms with Crippen molar-refractivity contribution in [3.63, 3.8) is 0 Å². The number of aromatic nitrogens is 2. The largest absolute Gasteiger partial charge is 0.322 e. The molecule has 7 heteroatoms. The van der Waals surface area contributed by atoms with Crippen LogP contribution in [0.3, 0.4) is 0 Å². The molecule has 0 fully saturated rings. The van der Waals surface area contributed by atoms with Gasteiger partial charge < -0.3 is 10.3 Å². The smallest absolute Gasteiger partial charge is 0.257 e. The van der Waals surface area contributed by atoms with Crippen molar-refractivity contribution in [3.05, 3.63) is 81.0 Å². The first kappa shape index (κ1) is 16.9. The Labute approximate surface area is 147 Å². The van der Waals surface area contributed by atoms with Crippen LogP contribution in [0.4, 0.5) is 10.1 Å². The van der Waals surface area contributed by atoms with Gasteiger partial charge in [-0.1, -0.05) is 23.7 Å². The van der Waals surface area contributed by atoms with Gasteiger partial charge in [0.2, 0.25) is 0 Å². The highest BCUT2D eigenvalue weighted by molar-refractivity contribution is 6.34. The number of nitrogens with one attached hydrogen (secondary N) is 2. The summed E-state index contributed by atoms with van der Waals surface area (Å²) >= 11 is 5.90. The predicted octanol–water partition coefficient (Wildman–Crippen LogP) is 3.79. The molecule has 0 unspecified atom stereocenters. The van der Waals surface area contributed by atoms with Gasteiger partial charge in [-0.05, 0) is 37.3 Å². The second-order valence-electron chi connectivity index (χ2n) is 5.39. The molecule has 2 aromatic carbocycles. The van der Waals surface area contributed by atoms with Crippen LogP contribution in [0.25, 0.3) is 11.4 Å². The topological polar surface area (TPSA) is 74.8 Å². The van der Waals surface area contributed by atoms with Crippen molar-refractivity contribution in [2.45, 2.75) is 6.92 Å². The summed E-state index contributed by atoms with van der Waals surface area (Å²) in [7, 11) is 0. The Kier molecular flexibility index (Phi) is 4.63. The molecule has 1 aromatic heterocycles. The van der Waals surface area contributed by atoms with Gasteiger partial charge in [0, 0.05) is 23.0 Å². The third kappa shape index (κ3) is 3.92. The van der Waals surface area contributed by atoms with Gasteiger partial charge >= 0.3 is 0 Å². The van der Waals surface area contributed by atoms with Gasteiger partial charge in [0.25, 0.3) is 11.5 Å². The molecule has 2 N–H and O–H groups in total. The van der Waals surface area contributed by atoms with Crippen molar-refractivity contribution in [2.75, 3.05) is 5.32 Å². The molecule has 0 saturated heterocycles. The van der Waals surface area contributed by atoms with Crippen molar-refractivity contribution in [1.82, 2.24) is 9.97 Å². The number of hydrogen-bond acceptors (Lipinski definition) is 3. The minimum Gasteiger partial charge on any atom is -0.322 e. The molecule has 1 amide bonds. The Hall–Kier alpha value is -2.99. The summed E-state index contributed by atoms with van der Waals surface area (Å²) in [4.78, 5) is 30.8. The molecule has 25 heavy (non-hydrogen) atoms. The normalized spacial score (nSPS) is 10.5. The zero-order valence-electron chi connectivity index (χ0n) is 13.1. The SMILES string of the molecule is Cc1cc(=O)[nH]c(-c2cccc(NC(=O)c3ccc(F)cc3Cl)c2)n1. The monoisotopic (exact) mass is 357 g/mol. The van der Waals surface area contributed by atoms with Gasteiger partial charge in [0.15, 0.2) is 0 Å². The maximum atomic E-state index is 13.1. The molecule has 0 aliphatic rings. The Morgan fingerprint density at radius 1 is 1.20 bits per heavy atom. The Bertz CT molecular complexity index is 1020. The number of nitrogens with zero attached hydrogens (tertiary/aromatic N) is 1. The number of amides is 1. The van der Waals surface area contributed by atoms with Crippen molar-refractivity contribution in [3.8, 4) is 11.4 Å².